The molecule has 1 aromatic carbocycles. The standard InChI is InChI=1S/C13H15NO/c15-13-6-3-7-14-9-11-5-2-1-4-10(11)8-12(13)14/h1-2,4-5,12H,3,6-9H2. The van der Waals surface area contributed by atoms with Crippen molar-refractivity contribution >= 4 is 5.78 Å². The molecule has 0 aliphatic carbocycles. The van der Waals surface area contributed by atoms with E-state index in [0.29, 0.717) is 5.78 Å². The van der Waals surface area contributed by atoms with Crippen LogP contribution in [0.4, 0.5) is 0 Å². The molecule has 2 heteroatoms. The smallest absolute Gasteiger partial charge is 0.150 e. The first-order valence-electron chi connectivity index (χ1n) is 5.68. The fourth-order valence-electron chi connectivity index (χ4n) is 2.75. The third-order valence-electron chi connectivity index (χ3n) is 3.59. The molecule has 0 N–H and O–H groups in total. The number of rotatable bonds is 0. The highest BCUT2D eigenvalue weighted by molar-refractivity contribution is 5.85. The van der Waals surface area contributed by atoms with Gasteiger partial charge >= 0.3 is 0 Å². The van der Waals surface area contributed by atoms with Gasteiger partial charge in [0.15, 0.2) is 0 Å². The zero-order chi connectivity index (χ0) is 10.3. The summed E-state index contributed by atoms with van der Waals surface area (Å²) in [6.45, 7) is 2.05. The first-order chi connectivity index (χ1) is 7.34. The van der Waals surface area contributed by atoms with Crippen LogP contribution in [0, 0.1) is 0 Å². The zero-order valence-corrected chi connectivity index (χ0v) is 8.78. The van der Waals surface area contributed by atoms with E-state index in [1.165, 1.54) is 11.1 Å². The molecule has 2 aliphatic rings. The lowest BCUT2D eigenvalue weighted by atomic mass is 9.88. The van der Waals surface area contributed by atoms with Crippen LogP contribution in [-0.4, -0.2) is 23.3 Å². The third kappa shape index (κ3) is 1.49. The number of benzene rings is 1. The summed E-state index contributed by atoms with van der Waals surface area (Å²) in [5.41, 5.74) is 2.78. The molecule has 0 radical (unpaired) electrons. The van der Waals surface area contributed by atoms with Crippen LogP contribution in [0.2, 0.25) is 0 Å². The number of carbonyl (C=O) groups excluding carboxylic acids is 1. The lowest BCUT2D eigenvalue weighted by Gasteiger charge is -2.38. The number of hydrogen-bond donors (Lipinski definition) is 0. The maximum Gasteiger partial charge on any atom is 0.150 e. The van der Waals surface area contributed by atoms with E-state index >= 15 is 0 Å². The molecule has 0 amide bonds. The molecule has 15 heavy (non-hydrogen) atoms. The molecule has 0 spiro atoms. The summed E-state index contributed by atoms with van der Waals surface area (Å²) >= 11 is 0. The van der Waals surface area contributed by atoms with E-state index in [1.54, 1.807) is 0 Å². The second-order valence-corrected chi connectivity index (χ2v) is 4.53. The Hall–Kier alpha value is -1.15. The average Bonchev–Trinajstić information content (AvgIpc) is 2.27. The molecule has 0 saturated carbocycles. The minimum absolute atomic E-state index is 0.175. The number of nitrogens with zero attached hydrogens (tertiary/aromatic N) is 1. The van der Waals surface area contributed by atoms with Crippen LogP contribution in [0.3, 0.4) is 0 Å². The lowest BCUT2D eigenvalue weighted by molar-refractivity contribution is -0.127. The molecular weight excluding hydrogens is 186 g/mol. The van der Waals surface area contributed by atoms with Crippen molar-refractivity contribution in [3.8, 4) is 0 Å². The zero-order valence-electron chi connectivity index (χ0n) is 8.78. The van der Waals surface area contributed by atoms with Gasteiger partial charge in [-0.1, -0.05) is 24.3 Å². The highest BCUT2D eigenvalue weighted by atomic mass is 16.1. The van der Waals surface area contributed by atoms with Crippen LogP contribution in [0.1, 0.15) is 24.0 Å². The molecule has 1 unspecified atom stereocenters. The molecule has 1 aromatic rings. The quantitative estimate of drug-likeness (QED) is 0.637. The molecular formula is C13H15NO. The number of fused-ring (bicyclic) bond motifs is 2. The topological polar surface area (TPSA) is 20.3 Å². The number of piperidine rings is 1. The maximum absolute atomic E-state index is 11.8. The number of hydrogen-bond acceptors (Lipinski definition) is 2. The van der Waals surface area contributed by atoms with Gasteiger partial charge in [0.25, 0.3) is 0 Å². The van der Waals surface area contributed by atoms with Gasteiger partial charge in [-0.15, -0.1) is 0 Å². The van der Waals surface area contributed by atoms with E-state index in [-0.39, 0.29) is 6.04 Å². The van der Waals surface area contributed by atoms with Crippen molar-refractivity contribution in [3.05, 3.63) is 35.4 Å². The van der Waals surface area contributed by atoms with Crippen molar-refractivity contribution in [2.24, 2.45) is 0 Å². The van der Waals surface area contributed by atoms with Crippen molar-refractivity contribution < 1.29 is 4.79 Å². The van der Waals surface area contributed by atoms with Crippen LogP contribution < -0.4 is 0 Å². The Morgan fingerprint density at radius 1 is 1.20 bits per heavy atom. The van der Waals surface area contributed by atoms with E-state index in [0.717, 1.165) is 32.4 Å². The van der Waals surface area contributed by atoms with Crippen molar-refractivity contribution in [1.29, 1.82) is 0 Å². The highest BCUT2D eigenvalue weighted by Crippen LogP contribution is 2.27. The fraction of sp³-hybridized carbons (Fsp3) is 0.462. The van der Waals surface area contributed by atoms with E-state index in [4.69, 9.17) is 0 Å². The lowest BCUT2D eigenvalue weighted by Crippen LogP contribution is -2.48. The van der Waals surface area contributed by atoms with Crippen LogP contribution in [0.5, 0.6) is 0 Å². The monoisotopic (exact) mass is 201 g/mol. The summed E-state index contributed by atoms with van der Waals surface area (Å²) in [6.07, 6.45) is 2.75. The van der Waals surface area contributed by atoms with E-state index in [2.05, 4.69) is 29.2 Å². The molecule has 1 atom stereocenters. The SMILES string of the molecule is O=C1CCCN2Cc3ccccc3CC12. The summed E-state index contributed by atoms with van der Waals surface area (Å²) < 4.78 is 0. The van der Waals surface area contributed by atoms with Gasteiger partial charge in [-0.25, -0.2) is 0 Å². The van der Waals surface area contributed by atoms with Gasteiger partial charge in [0.05, 0.1) is 6.04 Å². The second-order valence-electron chi connectivity index (χ2n) is 4.53. The Morgan fingerprint density at radius 2 is 2.00 bits per heavy atom. The minimum Gasteiger partial charge on any atom is -0.298 e. The van der Waals surface area contributed by atoms with E-state index in [9.17, 15) is 4.79 Å². The molecule has 2 heterocycles. The summed E-state index contributed by atoms with van der Waals surface area (Å²) in [6, 6.07) is 8.68. The molecule has 0 aromatic heterocycles. The molecule has 1 fully saturated rings. The predicted octanol–water partition coefficient (Wildman–Crippen LogP) is 1.78. The highest BCUT2D eigenvalue weighted by Gasteiger charge is 2.33. The van der Waals surface area contributed by atoms with Crippen molar-refractivity contribution in [2.75, 3.05) is 6.54 Å². The third-order valence-corrected chi connectivity index (χ3v) is 3.59. The predicted molar refractivity (Wildman–Crippen MR) is 58.6 cm³/mol. The summed E-state index contributed by atoms with van der Waals surface area (Å²) in [5, 5.41) is 0. The van der Waals surface area contributed by atoms with Gasteiger partial charge in [0, 0.05) is 13.0 Å². The van der Waals surface area contributed by atoms with Gasteiger partial charge in [-0.2, -0.15) is 0 Å². The van der Waals surface area contributed by atoms with Gasteiger partial charge in [-0.3, -0.25) is 9.69 Å². The summed E-state index contributed by atoms with van der Waals surface area (Å²) in [7, 11) is 0. The number of ketones is 1. The fourth-order valence-corrected chi connectivity index (χ4v) is 2.75. The van der Waals surface area contributed by atoms with E-state index in [1.807, 2.05) is 0 Å². The molecule has 78 valence electrons. The Balaban J connectivity index is 1.95. The number of carbonyl (C=O) groups is 1. The second kappa shape index (κ2) is 3.46. The summed E-state index contributed by atoms with van der Waals surface area (Å²) in [4.78, 5) is 14.1. The molecule has 2 aliphatic heterocycles. The largest absolute Gasteiger partial charge is 0.298 e. The first kappa shape index (κ1) is 9.10. The van der Waals surface area contributed by atoms with Gasteiger partial charge < -0.3 is 0 Å². The Morgan fingerprint density at radius 3 is 2.87 bits per heavy atom. The first-order valence-corrected chi connectivity index (χ1v) is 5.68. The summed E-state index contributed by atoms with van der Waals surface area (Å²) in [5.74, 6) is 0.441. The van der Waals surface area contributed by atoms with Crippen LogP contribution in [0.25, 0.3) is 0 Å². The van der Waals surface area contributed by atoms with Crippen LogP contribution in [-0.2, 0) is 17.8 Å². The van der Waals surface area contributed by atoms with Gasteiger partial charge in [-0.05, 0) is 30.5 Å². The molecule has 2 nitrogen and oxygen atoms in total. The maximum atomic E-state index is 11.8. The molecule has 1 saturated heterocycles. The van der Waals surface area contributed by atoms with Crippen LogP contribution >= 0.6 is 0 Å². The number of Topliss-reactive ketones (excluding diaryl/α,β-unsaturated/α-hetero) is 1. The van der Waals surface area contributed by atoms with Gasteiger partial charge in [0.1, 0.15) is 5.78 Å². The Labute approximate surface area is 89.9 Å². The molecule has 3 rings (SSSR count). The van der Waals surface area contributed by atoms with E-state index < -0.39 is 0 Å². The Kier molecular flexibility index (Phi) is 2.10. The normalized spacial score (nSPS) is 25.9. The Bertz CT molecular complexity index is 399. The van der Waals surface area contributed by atoms with Crippen molar-refractivity contribution in [1.82, 2.24) is 4.90 Å². The van der Waals surface area contributed by atoms with Crippen molar-refractivity contribution in [2.45, 2.75) is 31.8 Å². The minimum atomic E-state index is 0.175. The van der Waals surface area contributed by atoms with Crippen LogP contribution in [0.15, 0.2) is 24.3 Å². The van der Waals surface area contributed by atoms with Crippen molar-refractivity contribution in [3.63, 3.8) is 0 Å². The van der Waals surface area contributed by atoms with Gasteiger partial charge in [0.2, 0.25) is 0 Å². The average molecular weight is 201 g/mol. The molecule has 0 bridgehead atoms.